The van der Waals surface area contributed by atoms with E-state index in [1.807, 2.05) is 13.2 Å². The monoisotopic (exact) mass is 267 g/mol. The molecule has 1 rings (SSSR count). The quantitative estimate of drug-likeness (QED) is 0.651. The van der Waals surface area contributed by atoms with Gasteiger partial charge in [-0.3, -0.25) is 0 Å². The van der Waals surface area contributed by atoms with Gasteiger partial charge in [-0.2, -0.15) is 0 Å². The Morgan fingerprint density at radius 2 is 1.83 bits per heavy atom. The summed E-state index contributed by atoms with van der Waals surface area (Å²) in [6.07, 6.45) is 1.89. The Morgan fingerprint density at radius 1 is 1.28 bits per heavy atom. The Kier molecular flexibility index (Phi) is 5.22. The van der Waals surface area contributed by atoms with Crippen LogP contribution >= 0.6 is 11.8 Å². The van der Waals surface area contributed by atoms with Gasteiger partial charge in [0.05, 0.1) is 5.84 Å². The van der Waals surface area contributed by atoms with E-state index in [4.69, 9.17) is 11.5 Å². The number of benzene rings is 1. The summed E-state index contributed by atoms with van der Waals surface area (Å²) in [4.78, 5) is 4.20. The molecular weight excluding hydrogens is 249 g/mol. The van der Waals surface area contributed by atoms with E-state index in [2.05, 4.69) is 4.99 Å². The van der Waals surface area contributed by atoms with Gasteiger partial charge in [0.2, 0.25) is 0 Å². The highest BCUT2D eigenvalue weighted by molar-refractivity contribution is 8.02. The molecule has 1 aromatic carbocycles. The largest absolute Gasteiger partial charge is 0.399 e. The minimum atomic E-state index is -0.255. The van der Waals surface area contributed by atoms with Gasteiger partial charge in [-0.25, -0.2) is 9.38 Å². The first kappa shape index (κ1) is 14.6. The third kappa shape index (κ3) is 3.77. The van der Waals surface area contributed by atoms with E-state index in [1.54, 1.807) is 19.1 Å². The lowest BCUT2D eigenvalue weighted by atomic mass is 9.98. The van der Waals surface area contributed by atoms with Gasteiger partial charge in [0.1, 0.15) is 10.8 Å². The molecule has 0 aliphatic carbocycles. The van der Waals surface area contributed by atoms with E-state index in [0.29, 0.717) is 16.6 Å². The molecule has 0 aliphatic heterocycles. The van der Waals surface area contributed by atoms with Crippen LogP contribution in [0.1, 0.15) is 25.3 Å². The number of nitrogens with two attached hydrogens (primary N) is 2. The van der Waals surface area contributed by atoms with Crippen molar-refractivity contribution in [2.24, 2.45) is 16.5 Å². The summed E-state index contributed by atoms with van der Waals surface area (Å²) >= 11 is 1.45. The summed E-state index contributed by atoms with van der Waals surface area (Å²) in [5, 5.41) is 0.701. The summed E-state index contributed by atoms with van der Waals surface area (Å²) in [5.74, 6) is 0.180. The molecule has 1 unspecified atom stereocenters. The predicted octanol–water partition coefficient (Wildman–Crippen LogP) is 2.80. The number of allylic oxidation sites excluding steroid dienone is 1. The molecule has 0 radical (unpaired) electrons. The lowest BCUT2D eigenvalue weighted by molar-refractivity contribution is 0.626. The fourth-order valence-electron chi connectivity index (χ4n) is 1.50. The molecule has 0 heterocycles. The maximum atomic E-state index is 12.9. The van der Waals surface area contributed by atoms with Gasteiger partial charge in [-0.1, -0.05) is 19.1 Å². The molecule has 0 spiro atoms. The van der Waals surface area contributed by atoms with Crippen LogP contribution in [0.5, 0.6) is 0 Å². The van der Waals surface area contributed by atoms with Gasteiger partial charge in [0.15, 0.2) is 0 Å². The van der Waals surface area contributed by atoms with Crippen molar-refractivity contribution in [3.05, 3.63) is 46.4 Å². The summed E-state index contributed by atoms with van der Waals surface area (Å²) in [6.45, 7) is 3.67. The summed E-state index contributed by atoms with van der Waals surface area (Å²) in [5.41, 5.74) is 13.2. The average Bonchev–Trinajstić information content (AvgIpc) is 2.35. The van der Waals surface area contributed by atoms with Crippen LogP contribution in [0.15, 0.2) is 40.0 Å². The van der Waals surface area contributed by atoms with E-state index in [0.717, 1.165) is 5.56 Å². The van der Waals surface area contributed by atoms with Crippen molar-refractivity contribution in [2.75, 3.05) is 6.26 Å². The zero-order valence-electron chi connectivity index (χ0n) is 10.8. The number of rotatable bonds is 4. The highest BCUT2D eigenvalue weighted by Crippen LogP contribution is 2.27. The number of nitrogens with zero attached hydrogens (tertiary/aromatic N) is 1. The smallest absolute Gasteiger partial charge is 0.123 e. The van der Waals surface area contributed by atoms with Crippen LogP contribution in [-0.4, -0.2) is 12.1 Å². The van der Waals surface area contributed by atoms with Crippen LogP contribution in [0.3, 0.4) is 0 Å². The lowest BCUT2D eigenvalue weighted by Crippen LogP contribution is -2.12. The third-order valence-electron chi connectivity index (χ3n) is 2.55. The van der Waals surface area contributed by atoms with E-state index in [-0.39, 0.29) is 11.7 Å². The van der Waals surface area contributed by atoms with Crippen molar-refractivity contribution < 1.29 is 4.39 Å². The molecule has 4 N–H and O–H groups in total. The first-order valence-corrected chi connectivity index (χ1v) is 6.78. The number of hydrogen-bond donors (Lipinski definition) is 2. The van der Waals surface area contributed by atoms with Crippen molar-refractivity contribution in [1.82, 2.24) is 0 Å². The normalized spacial score (nSPS) is 15.2. The number of halogens is 1. The topological polar surface area (TPSA) is 64.4 Å². The predicted molar refractivity (Wildman–Crippen MR) is 76.8 cm³/mol. The Bertz CT molecular complexity index is 462. The molecule has 3 nitrogen and oxygen atoms in total. The molecule has 1 aromatic rings. The van der Waals surface area contributed by atoms with Gasteiger partial charge in [-0.15, -0.1) is 11.8 Å². The Labute approximate surface area is 111 Å². The molecule has 0 fully saturated rings. The minimum absolute atomic E-state index is 0.0313. The first-order chi connectivity index (χ1) is 8.45. The maximum Gasteiger partial charge on any atom is 0.123 e. The van der Waals surface area contributed by atoms with Crippen molar-refractivity contribution in [3.8, 4) is 0 Å². The molecule has 18 heavy (non-hydrogen) atoms. The molecule has 98 valence electrons. The standard InChI is InChI=1S/C13H18FN3S/c1-8(10-4-6-11(14)7-5-10)12(16)13(18-3)17-9(2)15/h4-8H,16H2,1-3H3,(H2,15,17)/b13-12+. The second-order valence-corrected chi connectivity index (χ2v) is 4.79. The average molecular weight is 267 g/mol. The van der Waals surface area contributed by atoms with Crippen LogP contribution in [0.4, 0.5) is 4.39 Å². The molecule has 0 amide bonds. The highest BCUT2D eigenvalue weighted by Gasteiger charge is 2.13. The summed E-state index contributed by atoms with van der Waals surface area (Å²) in [7, 11) is 0. The molecule has 5 heteroatoms. The van der Waals surface area contributed by atoms with Gasteiger partial charge < -0.3 is 11.5 Å². The van der Waals surface area contributed by atoms with Crippen LogP contribution < -0.4 is 11.5 Å². The first-order valence-electron chi connectivity index (χ1n) is 5.55. The van der Waals surface area contributed by atoms with Crippen molar-refractivity contribution in [3.63, 3.8) is 0 Å². The Balaban J connectivity index is 3.07. The zero-order valence-corrected chi connectivity index (χ0v) is 11.6. The zero-order chi connectivity index (χ0) is 13.7. The SMILES string of the molecule is CSC(/N=C(/C)N)=C(/N)C(C)c1ccc(F)cc1. The van der Waals surface area contributed by atoms with Crippen LogP contribution in [0.2, 0.25) is 0 Å². The molecule has 0 saturated heterocycles. The number of hydrogen-bond acceptors (Lipinski definition) is 3. The van der Waals surface area contributed by atoms with Gasteiger partial charge >= 0.3 is 0 Å². The second kappa shape index (κ2) is 6.44. The minimum Gasteiger partial charge on any atom is -0.399 e. The highest BCUT2D eigenvalue weighted by atomic mass is 32.2. The van der Waals surface area contributed by atoms with Gasteiger partial charge in [0.25, 0.3) is 0 Å². The fourth-order valence-corrected chi connectivity index (χ4v) is 2.15. The number of aliphatic imine (C=N–C) groups is 1. The molecule has 0 aromatic heterocycles. The molecule has 0 saturated carbocycles. The summed E-state index contributed by atoms with van der Waals surface area (Å²) in [6, 6.07) is 6.30. The van der Waals surface area contributed by atoms with E-state index >= 15 is 0 Å². The van der Waals surface area contributed by atoms with Crippen LogP contribution in [-0.2, 0) is 0 Å². The van der Waals surface area contributed by atoms with Crippen molar-refractivity contribution >= 4 is 17.6 Å². The van der Waals surface area contributed by atoms with Gasteiger partial charge in [-0.05, 0) is 30.9 Å². The molecular formula is C13H18FN3S. The second-order valence-electron chi connectivity index (χ2n) is 3.99. The Morgan fingerprint density at radius 3 is 2.28 bits per heavy atom. The van der Waals surface area contributed by atoms with Crippen LogP contribution in [0, 0.1) is 5.82 Å². The van der Waals surface area contributed by atoms with E-state index < -0.39 is 0 Å². The van der Waals surface area contributed by atoms with Crippen LogP contribution in [0.25, 0.3) is 0 Å². The molecule has 0 aliphatic rings. The maximum absolute atomic E-state index is 12.9. The van der Waals surface area contributed by atoms with E-state index in [9.17, 15) is 4.39 Å². The molecule has 1 atom stereocenters. The third-order valence-corrected chi connectivity index (χ3v) is 3.27. The van der Waals surface area contributed by atoms with E-state index in [1.165, 1.54) is 23.9 Å². The van der Waals surface area contributed by atoms with Crippen molar-refractivity contribution in [1.29, 1.82) is 0 Å². The summed E-state index contributed by atoms with van der Waals surface area (Å²) < 4.78 is 12.9. The fraction of sp³-hybridized carbons (Fsp3) is 0.308. The lowest BCUT2D eigenvalue weighted by Gasteiger charge is -2.15. The Hall–Kier alpha value is -1.49. The number of amidine groups is 1. The van der Waals surface area contributed by atoms with Gasteiger partial charge in [0, 0.05) is 11.6 Å². The number of thioether (sulfide) groups is 1. The molecule has 0 bridgehead atoms. The van der Waals surface area contributed by atoms with Crippen molar-refractivity contribution in [2.45, 2.75) is 19.8 Å².